The molecule has 0 radical (unpaired) electrons. The van der Waals surface area contributed by atoms with E-state index in [4.69, 9.17) is 4.74 Å². The fraction of sp³-hybridized carbons (Fsp3) is 0.429. The van der Waals surface area contributed by atoms with Crippen LogP contribution < -0.4 is 0 Å². The van der Waals surface area contributed by atoms with E-state index in [-0.39, 0.29) is 17.8 Å². The molecule has 1 unspecified atom stereocenters. The molecule has 0 heterocycles. The van der Waals surface area contributed by atoms with Crippen LogP contribution in [0.25, 0.3) is 0 Å². The first-order valence-corrected chi connectivity index (χ1v) is 8.86. The molecule has 22 heavy (non-hydrogen) atoms. The number of ether oxygens (including phenoxy) is 1. The number of carbonyl (C=O) groups excluding carboxylic acids is 2. The summed E-state index contributed by atoms with van der Waals surface area (Å²) in [5, 5.41) is 9.92. The maximum atomic E-state index is 11.1. The zero-order valence-electron chi connectivity index (χ0n) is 12.1. The van der Waals surface area contributed by atoms with E-state index in [0.717, 1.165) is 16.4 Å². The van der Waals surface area contributed by atoms with Crippen LogP contribution in [-0.2, 0) is 20.7 Å². The van der Waals surface area contributed by atoms with E-state index in [9.17, 15) is 14.7 Å². The minimum atomic E-state index is -0.373. The predicted octanol–water partition coefficient (Wildman–Crippen LogP) is 3.63. The molecular weight excluding hydrogens is 486 g/mol. The summed E-state index contributed by atoms with van der Waals surface area (Å²) in [5.74, 6) is -0.259. The van der Waals surface area contributed by atoms with E-state index in [0.29, 0.717) is 28.5 Å². The van der Waals surface area contributed by atoms with Crippen LogP contribution in [0.4, 0.5) is 0 Å². The van der Waals surface area contributed by atoms with Crippen LogP contribution in [0.15, 0.2) is 19.5 Å². The van der Waals surface area contributed by atoms with Gasteiger partial charge >= 0.3 is 5.97 Å². The lowest BCUT2D eigenvalue weighted by molar-refractivity contribution is -0.147. The lowest BCUT2D eigenvalue weighted by Gasteiger charge is -2.22. The highest BCUT2D eigenvalue weighted by molar-refractivity contribution is 9.11. The molecule has 0 fully saturated rings. The highest BCUT2D eigenvalue weighted by Crippen LogP contribution is 2.39. The lowest BCUT2D eigenvalue weighted by Crippen LogP contribution is -2.33. The molecule has 1 aromatic carbocycles. The first kappa shape index (κ1) is 19.4. The van der Waals surface area contributed by atoms with Crippen molar-refractivity contribution in [2.24, 2.45) is 0 Å². The molecule has 8 heteroatoms. The zero-order valence-corrected chi connectivity index (χ0v) is 16.9. The minimum Gasteiger partial charge on any atom is -0.506 e. The van der Waals surface area contributed by atoms with Crippen molar-refractivity contribution in [2.75, 3.05) is 13.1 Å². The molecule has 1 atom stereocenters. The highest BCUT2D eigenvalue weighted by atomic mass is 79.9. The van der Waals surface area contributed by atoms with Crippen molar-refractivity contribution < 1.29 is 19.4 Å². The van der Waals surface area contributed by atoms with Crippen molar-refractivity contribution in [3.63, 3.8) is 0 Å². The Labute approximate surface area is 154 Å². The van der Waals surface area contributed by atoms with E-state index in [1.165, 1.54) is 11.8 Å². The predicted molar refractivity (Wildman–Crippen MR) is 93.8 cm³/mol. The average molecular weight is 502 g/mol. The molecule has 0 aliphatic carbocycles. The van der Waals surface area contributed by atoms with Crippen molar-refractivity contribution in [1.82, 2.24) is 4.90 Å². The molecular formula is C14H16Br3NO4. The number of halogens is 3. The van der Waals surface area contributed by atoms with Gasteiger partial charge in [-0.1, -0.05) is 15.9 Å². The van der Waals surface area contributed by atoms with Crippen LogP contribution in [0.1, 0.15) is 19.4 Å². The average Bonchev–Trinajstić information content (AvgIpc) is 2.42. The third kappa shape index (κ3) is 5.55. The van der Waals surface area contributed by atoms with Gasteiger partial charge in [0.05, 0.1) is 15.5 Å². The monoisotopic (exact) mass is 499 g/mol. The summed E-state index contributed by atoms with van der Waals surface area (Å²) in [6, 6.07) is 1.75. The van der Waals surface area contributed by atoms with Gasteiger partial charge in [-0.2, -0.15) is 0 Å². The Morgan fingerprint density at radius 3 is 2.59 bits per heavy atom. The number of benzene rings is 1. The largest absolute Gasteiger partial charge is 0.506 e. The fourth-order valence-corrected chi connectivity index (χ4v) is 4.46. The summed E-state index contributed by atoms with van der Waals surface area (Å²) in [6.45, 7) is 3.82. The minimum absolute atomic E-state index is 0.115. The summed E-state index contributed by atoms with van der Waals surface area (Å²) in [4.78, 5) is 23.6. The van der Waals surface area contributed by atoms with Crippen molar-refractivity contribution in [2.45, 2.75) is 26.4 Å². The molecule has 1 rings (SSSR count). The molecule has 5 nitrogen and oxygen atoms in total. The molecule has 122 valence electrons. The van der Waals surface area contributed by atoms with E-state index in [1.807, 2.05) is 0 Å². The topological polar surface area (TPSA) is 66.8 Å². The van der Waals surface area contributed by atoms with Crippen LogP contribution in [0.3, 0.4) is 0 Å². The smallest absolute Gasteiger partial charge is 0.302 e. The van der Waals surface area contributed by atoms with Crippen molar-refractivity contribution in [3.05, 3.63) is 25.0 Å². The Balaban J connectivity index is 2.73. The number of aromatic hydroxyl groups is 1. The summed E-state index contributed by atoms with van der Waals surface area (Å²) in [6.07, 6.45) is 0.890. The van der Waals surface area contributed by atoms with Gasteiger partial charge in [0.2, 0.25) is 6.41 Å². The van der Waals surface area contributed by atoms with Gasteiger partial charge in [0.15, 0.2) is 0 Å². The van der Waals surface area contributed by atoms with Gasteiger partial charge in [-0.15, -0.1) is 0 Å². The quantitative estimate of drug-likeness (QED) is 0.457. The van der Waals surface area contributed by atoms with E-state index < -0.39 is 0 Å². The van der Waals surface area contributed by atoms with Crippen LogP contribution >= 0.6 is 47.8 Å². The molecule has 0 aliphatic heterocycles. The maximum Gasteiger partial charge on any atom is 0.302 e. The summed E-state index contributed by atoms with van der Waals surface area (Å²) in [5.41, 5.74) is 0.854. The normalized spacial score (nSPS) is 11.9. The zero-order chi connectivity index (χ0) is 16.9. The Bertz CT molecular complexity index is 566. The van der Waals surface area contributed by atoms with Crippen molar-refractivity contribution >= 4 is 60.2 Å². The number of amides is 1. The molecule has 1 aromatic rings. The Morgan fingerprint density at radius 1 is 1.41 bits per heavy atom. The number of esters is 1. The number of phenols is 1. The van der Waals surface area contributed by atoms with Gasteiger partial charge in [-0.3, -0.25) is 9.59 Å². The summed E-state index contributed by atoms with van der Waals surface area (Å²) in [7, 11) is 0. The molecule has 0 saturated carbocycles. The van der Waals surface area contributed by atoms with Crippen molar-refractivity contribution in [3.8, 4) is 5.75 Å². The van der Waals surface area contributed by atoms with Gasteiger partial charge in [0.1, 0.15) is 11.9 Å². The van der Waals surface area contributed by atoms with Crippen LogP contribution in [-0.4, -0.2) is 41.6 Å². The molecule has 0 saturated heterocycles. The summed E-state index contributed by atoms with van der Waals surface area (Å²) < 4.78 is 6.99. The molecule has 0 bridgehead atoms. The first-order valence-electron chi connectivity index (χ1n) is 6.48. The Kier molecular flexibility index (Phi) is 7.85. The van der Waals surface area contributed by atoms with Gasteiger partial charge < -0.3 is 14.7 Å². The van der Waals surface area contributed by atoms with Crippen molar-refractivity contribution in [1.29, 1.82) is 0 Å². The van der Waals surface area contributed by atoms with Gasteiger partial charge in [-0.25, -0.2) is 0 Å². The lowest BCUT2D eigenvalue weighted by atomic mass is 10.1. The van der Waals surface area contributed by atoms with Crippen LogP contribution in [0.2, 0.25) is 0 Å². The Morgan fingerprint density at radius 2 is 2.05 bits per heavy atom. The number of carbonyl (C=O) groups is 2. The number of nitrogens with zero attached hydrogens (tertiary/aromatic N) is 1. The van der Waals surface area contributed by atoms with Gasteiger partial charge in [-0.05, 0) is 56.8 Å². The second-order valence-corrected chi connectivity index (χ2v) is 7.25. The number of hydrogen-bond donors (Lipinski definition) is 1. The maximum absolute atomic E-state index is 11.1. The first-order chi connectivity index (χ1) is 10.3. The standard InChI is InChI=1S/C14H16Br3NO4/c1-8(22-9(2)20)6-18(7-19)4-3-10-11(15)5-12(16)14(21)13(10)17/h5,7-8,21H,3-4,6H2,1-2H3. The third-order valence-electron chi connectivity index (χ3n) is 2.90. The molecule has 0 aliphatic rings. The SMILES string of the molecule is CC(=O)OC(C)CN(C=O)CCc1c(Br)cc(Br)c(O)c1Br. The van der Waals surface area contributed by atoms with E-state index in [2.05, 4.69) is 47.8 Å². The fourth-order valence-electron chi connectivity index (χ4n) is 1.94. The van der Waals surface area contributed by atoms with Crippen LogP contribution in [0, 0.1) is 0 Å². The number of hydrogen-bond acceptors (Lipinski definition) is 4. The number of rotatable bonds is 7. The molecule has 0 spiro atoms. The van der Waals surface area contributed by atoms with Gasteiger partial charge in [0, 0.05) is 17.9 Å². The van der Waals surface area contributed by atoms with Gasteiger partial charge in [0.25, 0.3) is 0 Å². The molecule has 1 N–H and O–H groups in total. The van der Waals surface area contributed by atoms with E-state index >= 15 is 0 Å². The molecule has 0 aromatic heterocycles. The summed E-state index contributed by atoms with van der Waals surface area (Å²) >= 11 is 10.0. The second-order valence-electron chi connectivity index (χ2n) is 4.75. The molecule has 1 amide bonds. The highest BCUT2D eigenvalue weighted by Gasteiger charge is 2.16. The third-order valence-corrected chi connectivity index (χ3v) is 5.06. The number of phenolic OH excluding ortho intramolecular Hbond substituents is 1. The Hall–Kier alpha value is -0.600. The second kappa shape index (κ2) is 8.88. The van der Waals surface area contributed by atoms with Crippen LogP contribution in [0.5, 0.6) is 5.75 Å². The van der Waals surface area contributed by atoms with E-state index in [1.54, 1.807) is 13.0 Å².